The average Bonchev–Trinajstić information content (AvgIpc) is 2.49. The number of rotatable bonds is 2. The zero-order valence-electron chi connectivity index (χ0n) is 10.7. The van der Waals surface area contributed by atoms with Crippen LogP contribution >= 0.6 is 0 Å². The van der Waals surface area contributed by atoms with Gasteiger partial charge in [-0.2, -0.15) is 13.2 Å². The molecule has 0 aromatic carbocycles. The minimum atomic E-state index is -5.07. The molecule has 2 unspecified atom stereocenters. The van der Waals surface area contributed by atoms with E-state index in [0.29, 0.717) is 5.57 Å². The molecule has 0 spiro atoms. The molecule has 2 rings (SSSR count). The van der Waals surface area contributed by atoms with E-state index in [9.17, 15) is 26.7 Å². The van der Waals surface area contributed by atoms with Crippen molar-refractivity contribution < 1.29 is 26.7 Å². The van der Waals surface area contributed by atoms with E-state index in [4.69, 9.17) is 0 Å². The molecule has 2 atom stereocenters. The fourth-order valence-electron chi connectivity index (χ4n) is 2.13. The van der Waals surface area contributed by atoms with Crippen LogP contribution in [0.4, 0.5) is 13.2 Å². The monoisotopic (exact) mass is 310 g/mol. The van der Waals surface area contributed by atoms with Crippen molar-refractivity contribution in [3.63, 3.8) is 0 Å². The molecule has 0 saturated heterocycles. The molecule has 2 aliphatic rings. The summed E-state index contributed by atoms with van der Waals surface area (Å²) in [6, 6.07) is -1.73. The number of halogens is 3. The van der Waals surface area contributed by atoms with E-state index in [1.165, 1.54) is 18.4 Å². The normalized spacial score (nSPS) is 30.1. The van der Waals surface area contributed by atoms with Crippen molar-refractivity contribution in [3.05, 3.63) is 23.9 Å². The summed E-state index contributed by atoms with van der Waals surface area (Å²) in [5.41, 5.74) is -2.78. The predicted molar refractivity (Wildman–Crippen MR) is 66.7 cm³/mol. The Bertz CT molecular complexity index is 621. The predicted octanol–water partition coefficient (Wildman–Crippen LogP) is 0.838. The Hall–Kier alpha value is -1.35. The number of hydrogen-bond acceptors (Lipinski definition) is 5. The third-order valence-corrected chi connectivity index (χ3v) is 4.00. The Balaban J connectivity index is 2.51. The molecule has 0 saturated carbocycles. The molecule has 0 radical (unpaired) electrons. The van der Waals surface area contributed by atoms with Gasteiger partial charge < -0.3 is 10.0 Å². The first-order chi connectivity index (χ1) is 8.94. The number of allylic oxidation sites excluding steroid dienone is 2. The molecule has 0 aliphatic carbocycles. The van der Waals surface area contributed by atoms with Crippen molar-refractivity contribution in [2.45, 2.75) is 24.9 Å². The lowest BCUT2D eigenvalue weighted by Crippen LogP contribution is -2.57. The molecule has 0 amide bonds. The van der Waals surface area contributed by atoms with Crippen LogP contribution in [-0.4, -0.2) is 54.2 Å². The van der Waals surface area contributed by atoms with Gasteiger partial charge in [-0.15, -0.1) is 0 Å². The van der Waals surface area contributed by atoms with Crippen LogP contribution in [0.5, 0.6) is 0 Å². The maximum Gasteiger partial charge on any atom is 0.440 e. The minimum absolute atomic E-state index is 0.0986. The Morgan fingerprint density at radius 1 is 1.50 bits per heavy atom. The van der Waals surface area contributed by atoms with E-state index >= 15 is 0 Å². The summed E-state index contributed by atoms with van der Waals surface area (Å²) < 4.78 is 61.9. The number of amidine groups is 1. The van der Waals surface area contributed by atoms with Crippen LogP contribution in [0, 0.1) is 0 Å². The molecule has 2 heterocycles. The Morgan fingerprint density at radius 3 is 2.60 bits per heavy atom. The van der Waals surface area contributed by atoms with Gasteiger partial charge in [-0.3, -0.25) is 0 Å². The van der Waals surface area contributed by atoms with Crippen LogP contribution in [0.2, 0.25) is 0 Å². The van der Waals surface area contributed by atoms with Crippen LogP contribution in [0.1, 0.15) is 6.92 Å². The van der Waals surface area contributed by atoms with E-state index in [0.717, 1.165) is 11.2 Å². The molecular weight excluding hydrogens is 297 g/mol. The summed E-state index contributed by atoms with van der Waals surface area (Å²) in [5.74, 6) is -0.953. The van der Waals surface area contributed by atoms with Crippen LogP contribution in [0.15, 0.2) is 28.9 Å². The Kier molecular flexibility index (Phi) is 3.25. The first kappa shape index (κ1) is 15.0. The summed E-state index contributed by atoms with van der Waals surface area (Å²) in [7, 11) is -3.73. The van der Waals surface area contributed by atoms with Gasteiger partial charge in [-0.1, -0.05) is 0 Å². The van der Waals surface area contributed by atoms with Crippen molar-refractivity contribution in [2.75, 3.05) is 12.0 Å². The number of hydrogen-bond donors (Lipinski definition) is 1. The van der Waals surface area contributed by atoms with Gasteiger partial charge in [0.25, 0.3) is 5.72 Å². The van der Waals surface area contributed by atoms with Gasteiger partial charge in [0.2, 0.25) is 0 Å². The van der Waals surface area contributed by atoms with Crippen molar-refractivity contribution in [3.8, 4) is 0 Å². The topological polar surface area (TPSA) is 70.0 Å². The molecule has 0 aromatic rings. The molecule has 1 N–H and O–H groups in total. The Morgan fingerprint density at radius 2 is 2.10 bits per heavy atom. The molecule has 9 heteroatoms. The summed E-state index contributed by atoms with van der Waals surface area (Å²) in [5, 5.41) is 9.89. The number of nitrogens with zero attached hydrogens (tertiary/aromatic N) is 2. The van der Waals surface area contributed by atoms with Crippen molar-refractivity contribution >= 4 is 15.7 Å². The van der Waals surface area contributed by atoms with Gasteiger partial charge in [-0.25, -0.2) is 13.4 Å². The van der Waals surface area contributed by atoms with E-state index in [-0.39, 0.29) is 5.84 Å². The zero-order valence-corrected chi connectivity index (χ0v) is 11.5. The van der Waals surface area contributed by atoms with Crippen molar-refractivity contribution in [1.82, 2.24) is 4.90 Å². The molecule has 0 aromatic heterocycles. The number of alkyl halides is 3. The lowest BCUT2D eigenvalue weighted by Gasteiger charge is -2.33. The standard InChI is InChI=1S/C11H13F3N2O3S/c1-7-3-4-16-8(6-20(2,18)19)10(17,11(12,13)14)15-9(16)5-7/h3-5,8,17H,6H2,1-2H3. The highest BCUT2D eigenvalue weighted by atomic mass is 32.2. The lowest BCUT2D eigenvalue weighted by molar-refractivity contribution is -0.264. The molecule has 0 fully saturated rings. The van der Waals surface area contributed by atoms with Gasteiger partial charge in [-0.05, 0) is 24.6 Å². The SMILES string of the molecule is CC1=CC2=NC(O)(C(F)(F)F)C(CS(C)(=O)=O)N2C=C1. The highest BCUT2D eigenvalue weighted by molar-refractivity contribution is 7.90. The minimum Gasteiger partial charge on any atom is -0.360 e. The van der Waals surface area contributed by atoms with Gasteiger partial charge >= 0.3 is 6.18 Å². The maximum atomic E-state index is 13.1. The summed E-state index contributed by atoms with van der Waals surface area (Å²) in [6.45, 7) is 1.66. The van der Waals surface area contributed by atoms with E-state index in [1.807, 2.05) is 0 Å². The second kappa shape index (κ2) is 4.32. The molecule has 0 bridgehead atoms. The van der Waals surface area contributed by atoms with Crippen LogP contribution in [-0.2, 0) is 9.84 Å². The second-order valence-electron chi connectivity index (χ2n) is 4.91. The van der Waals surface area contributed by atoms with Gasteiger partial charge in [0, 0.05) is 12.5 Å². The molecule has 2 aliphatic heterocycles. The summed E-state index contributed by atoms with van der Waals surface area (Å²) in [6.07, 6.45) is -0.0675. The zero-order chi connectivity index (χ0) is 15.3. The fraction of sp³-hybridized carbons (Fsp3) is 0.545. The maximum absolute atomic E-state index is 13.1. The highest BCUT2D eigenvalue weighted by Crippen LogP contribution is 2.42. The van der Waals surface area contributed by atoms with E-state index in [1.54, 1.807) is 6.92 Å². The van der Waals surface area contributed by atoms with Crippen LogP contribution in [0.3, 0.4) is 0 Å². The number of aliphatic imine (C=N–C) groups is 1. The van der Waals surface area contributed by atoms with Crippen molar-refractivity contribution in [2.24, 2.45) is 4.99 Å². The first-order valence-corrected chi connectivity index (χ1v) is 7.71. The highest BCUT2D eigenvalue weighted by Gasteiger charge is 2.64. The molecule has 20 heavy (non-hydrogen) atoms. The smallest absolute Gasteiger partial charge is 0.360 e. The van der Waals surface area contributed by atoms with Crippen LogP contribution < -0.4 is 0 Å². The van der Waals surface area contributed by atoms with Crippen LogP contribution in [0.25, 0.3) is 0 Å². The number of aliphatic hydroxyl groups is 1. The lowest BCUT2D eigenvalue weighted by atomic mass is 10.1. The fourth-order valence-corrected chi connectivity index (χ4v) is 3.10. The van der Waals surface area contributed by atoms with Crippen molar-refractivity contribution in [1.29, 1.82) is 0 Å². The molecule has 112 valence electrons. The average molecular weight is 310 g/mol. The summed E-state index contributed by atoms with van der Waals surface area (Å²) in [4.78, 5) is 4.35. The quantitative estimate of drug-likeness (QED) is 0.820. The van der Waals surface area contributed by atoms with E-state index in [2.05, 4.69) is 4.99 Å². The van der Waals surface area contributed by atoms with Gasteiger partial charge in [0.1, 0.15) is 21.7 Å². The first-order valence-electron chi connectivity index (χ1n) is 5.65. The third kappa shape index (κ3) is 2.47. The van der Waals surface area contributed by atoms with Gasteiger partial charge in [0.05, 0.1) is 5.75 Å². The second-order valence-corrected chi connectivity index (χ2v) is 7.10. The third-order valence-electron chi connectivity index (χ3n) is 3.08. The number of sulfone groups is 1. The summed E-state index contributed by atoms with van der Waals surface area (Å²) >= 11 is 0. The Labute approximate surface area is 114 Å². The molecule has 5 nitrogen and oxygen atoms in total. The largest absolute Gasteiger partial charge is 0.440 e. The number of fused-ring (bicyclic) bond motifs is 1. The van der Waals surface area contributed by atoms with Gasteiger partial charge in [0.15, 0.2) is 0 Å². The van der Waals surface area contributed by atoms with E-state index < -0.39 is 33.5 Å². The molecular formula is C11H13F3N2O3S.